The quantitative estimate of drug-likeness (QED) is 0.752. The molecule has 0 aromatic heterocycles. The van der Waals surface area contributed by atoms with E-state index in [2.05, 4.69) is 16.0 Å². The fraction of sp³-hybridized carbons (Fsp3) is 0.222. The second-order valence-corrected chi connectivity index (χ2v) is 5.19. The Balaban J connectivity index is 1.99. The van der Waals surface area contributed by atoms with Crippen molar-refractivity contribution in [1.29, 1.82) is 0 Å². The van der Waals surface area contributed by atoms with Gasteiger partial charge in [-0.15, -0.1) is 0 Å². The minimum Gasteiger partial charge on any atom is -0.497 e. The van der Waals surface area contributed by atoms with Crippen molar-refractivity contribution in [3.05, 3.63) is 48.0 Å². The fourth-order valence-electron chi connectivity index (χ4n) is 2.17. The molecule has 0 aliphatic carbocycles. The number of amides is 3. The first kappa shape index (κ1) is 18.1. The SMILES string of the molecule is CNC(=O)Cc1ccc(NC(=O)Nc2ccc(OC)cc2OC)cc1. The van der Waals surface area contributed by atoms with Gasteiger partial charge in [0.2, 0.25) is 5.91 Å². The number of anilines is 2. The molecule has 0 heterocycles. The van der Waals surface area contributed by atoms with Crippen LogP contribution in [0.4, 0.5) is 16.2 Å². The smallest absolute Gasteiger partial charge is 0.323 e. The van der Waals surface area contributed by atoms with Gasteiger partial charge in [0.15, 0.2) is 0 Å². The molecule has 0 saturated carbocycles. The maximum absolute atomic E-state index is 12.1. The first-order valence-corrected chi connectivity index (χ1v) is 7.65. The van der Waals surface area contributed by atoms with E-state index in [0.29, 0.717) is 29.3 Å². The van der Waals surface area contributed by atoms with Crippen LogP contribution in [0.15, 0.2) is 42.5 Å². The molecule has 0 radical (unpaired) electrons. The molecule has 2 rings (SSSR count). The Hall–Kier alpha value is -3.22. The van der Waals surface area contributed by atoms with E-state index in [9.17, 15) is 9.59 Å². The topological polar surface area (TPSA) is 88.7 Å². The van der Waals surface area contributed by atoms with Gasteiger partial charge in [-0.3, -0.25) is 4.79 Å². The molecule has 0 bridgehead atoms. The number of urea groups is 1. The molecule has 0 aliphatic rings. The van der Waals surface area contributed by atoms with E-state index in [0.717, 1.165) is 5.56 Å². The first-order chi connectivity index (χ1) is 12.0. The summed E-state index contributed by atoms with van der Waals surface area (Å²) >= 11 is 0. The van der Waals surface area contributed by atoms with Gasteiger partial charge in [-0.05, 0) is 29.8 Å². The standard InChI is InChI=1S/C18H21N3O4/c1-19-17(22)10-12-4-6-13(7-5-12)20-18(23)21-15-9-8-14(24-2)11-16(15)25-3/h4-9,11H,10H2,1-3H3,(H,19,22)(H2,20,21,23). The van der Waals surface area contributed by atoms with Gasteiger partial charge in [0.05, 0.1) is 26.3 Å². The third kappa shape index (κ3) is 5.13. The van der Waals surface area contributed by atoms with Gasteiger partial charge in [-0.25, -0.2) is 4.79 Å². The van der Waals surface area contributed by atoms with Crippen LogP contribution < -0.4 is 25.4 Å². The monoisotopic (exact) mass is 343 g/mol. The first-order valence-electron chi connectivity index (χ1n) is 7.65. The molecule has 0 fully saturated rings. The summed E-state index contributed by atoms with van der Waals surface area (Å²) in [5.41, 5.74) is 2.00. The average Bonchev–Trinajstić information content (AvgIpc) is 2.63. The Morgan fingerprint density at radius 2 is 1.68 bits per heavy atom. The summed E-state index contributed by atoms with van der Waals surface area (Å²) in [5.74, 6) is 1.06. The van der Waals surface area contributed by atoms with Crippen molar-refractivity contribution >= 4 is 23.3 Å². The lowest BCUT2D eigenvalue weighted by molar-refractivity contribution is -0.119. The number of hydrogen-bond acceptors (Lipinski definition) is 4. The van der Waals surface area contributed by atoms with E-state index in [1.807, 2.05) is 0 Å². The Morgan fingerprint density at radius 1 is 0.960 bits per heavy atom. The molecule has 3 amide bonds. The molecule has 0 unspecified atom stereocenters. The van der Waals surface area contributed by atoms with Crippen LogP contribution in [0, 0.1) is 0 Å². The highest BCUT2D eigenvalue weighted by Crippen LogP contribution is 2.29. The molecule has 0 saturated heterocycles. The van der Waals surface area contributed by atoms with Crippen molar-refractivity contribution in [1.82, 2.24) is 5.32 Å². The second kappa shape index (κ2) is 8.58. The van der Waals surface area contributed by atoms with Crippen LogP contribution in [-0.4, -0.2) is 33.2 Å². The van der Waals surface area contributed by atoms with Gasteiger partial charge < -0.3 is 25.4 Å². The molecule has 3 N–H and O–H groups in total. The third-order valence-corrected chi connectivity index (χ3v) is 3.51. The van der Waals surface area contributed by atoms with Gasteiger partial charge in [0.1, 0.15) is 11.5 Å². The summed E-state index contributed by atoms with van der Waals surface area (Å²) in [6.07, 6.45) is 0.298. The largest absolute Gasteiger partial charge is 0.497 e. The highest BCUT2D eigenvalue weighted by atomic mass is 16.5. The van der Waals surface area contributed by atoms with Crippen molar-refractivity contribution in [2.24, 2.45) is 0 Å². The number of methoxy groups -OCH3 is 2. The van der Waals surface area contributed by atoms with Crippen molar-refractivity contribution in [2.45, 2.75) is 6.42 Å². The van der Waals surface area contributed by atoms with Crippen molar-refractivity contribution < 1.29 is 19.1 Å². The van der Waals surface area contributed by atoms with E-state index >= 15 is 0 Å². The maximum atomic E-state index is 12.1. The second-order valence-electron chi connectivity index (χ2n) is 5.19. The summed E-state index contributed by atoms with van der Waals surface area (Å²) in [5, 5.41) is 8.02. The van der Waals surface area contributed by atoms with Crippen LogP contribution in [0.1, 0.15) is 5.56 Å². The van der Waals surface area contributed by atoms with E-state index in [1.54, 1.807) is 56.6 Å². The number of nitrogens with one attached hydrogen (secondary N) is 3. The van der Waals surface area contributed by atoms with Gasteiger partial charge >= 0.3 is 6.03 Å². The fourth-order valence-corrected chi connectivity index (χ4v) is 2.17. The molecule has 25 heavy (non-hydrogen) atoms. The minimum atomic E-state index is -0.400. The molecule has 132 valence electrons. The lowest BCUT2D eigenvalue weighted by atomic mass is 10.1. The molecule has 0 atom stereocenters. The van der Waals surface area contributed by atoms with Crippen molar-refractivity contribution in [3.8, 4) is 11.5 Å². The van der Waals surface area contributed by atoms with E-state index in [4.69, 9.17) is 9.47 Å². The van der Waals surface area contributed by atoms with Crippen LogP contribution >= 0.6 is 0 Å². The Morgan fingerprint density at radius 3 is 2.28 bits per heavy atom. The third-order valence-electron chi connectivity index (χ3n) is 3.51. The maximum Gasteiger partial charge on any atom is 0.323 e. The van der Waals surface area contributed by atoms with Gasteiger partial charge in [-0.1, -0.05) is 12.1 Å². The Kier molecular flexibility index (Phi) is 6.22. The van der Waals surface area contributed by atoms with Crippen molar-refractivity contribution in [2.75, 3.05) is 31.9 Å². The number of rotatable bonds is 6. The molecule has 7 nitrogen and oxygen atoms in total. The van der Waals surface area contributed by atoms with Crippen LogP contribution in [0.5, 0.6) is 11.5 Å². The average molecular weight is 343 g/mol. The van der Waals surface area contributed by atoms with Crippen LogP contribution in [0.25, 0.3) is 0 Å². The van der Waals surface area contributed by atoms with E-state index < -0.39 is 6.03 Å². The molecular formula is C18H21N3O4. The molecule has 2 aromatic rings. The summed E-state index contributed by atoms with van der Waals surface area (Å²) in [7, 11) is 4.67. The molecular weight excluding hydrogens is 322 g/mol. The molecule has 2 aromatic carbocycles. The molecule has 0 spiro atoms. The lowest BCUT2D eigenvalue weighted by Crippen LogP contribution is -2.20. The van der Waals surface area contributed by atoms with E-state index in [-0.39, 0.29) is 5.91 Å². The van der Waals surface area contributed by atoms with E-state index in [1.165, 1.54) is 7.11 Å². The lowest BCUT2D eigenvalue weighted by Gasteiger charge is -2.12. The number of likely N-dealkylation sites (N-methyl/N-ethyl adjacent to an activating group) is 1. The summed E-state index contributed by atoms with van der Waals surface area (Å²) in [4.78, 5) is 23.5. The number of ether oxygens (including phenoxy) is 2. The number of carbonyl (C=O) groups excluding carboxylic acids is 2. The zero-order chi connectivity index (χ0) is 18.2. The minimum absolute atomic E-state index is 0.0648. The highest BCUT2D eigenvalue weighted by molar-refractivity contribution is 6.00. The Labute approximate surface area is 146 Å². The number of benzene rings is 2. The summed E-state index contributed by atoms with van der Waals surface area (Å²) in [6, 6.07) is 11.8. The number of hydrogen-bond donors (Lipinski definition) is 3. The predicted molar refractivity (Wildman–Crippen MR) is 96.4 cm³/mol. The van der Waals surface area contributed by atoms with Gasteiger partial charge in [0.25, 0.3) is 0 Å². The highest BCUT2D eigenvalue weighted by Gasteiger charge is 2.09. The predicted octanol–water partition coefficient (Wildman–Crippen LogP) is 2.64. The van der Waals surface area contributed by atoms with Crippen molar-refractivity contribution in [3.63, 3.8) is 0 Å². The molecule has 0 aliphatic heterocycles. The zero-order valence-electron chi connectivity index (χ0n) is 14.4. The summed E-state index contributed by atoms with van der Waals surface area (Å²) < 4.78 is 10.4. The number of carbonyl (C=O) groups is 2. The summed E-state index contributed by atoms with van der Waals surface area (Å²) in [6.45, 7) is 0. The molecule has 7 heteroatoms. The van der Waals surface area contributed by atoms with Crippen LogP contribution in [-0.2, 0) is 11.2 Å². The van der Waals surface area contributed by atoms with Gasteiger partial charge in [-0.2, -0.15) is 0 Å². The Bertz CT molecular complexity index is 744. The zero-order valence-corrected chi connectivity index (χ0v) is 14.4. The van der Waals surface area contributed by atoms with Crippen LogP contribution in [0.3, 0.4) is 0 Å². The van der Waals surface area contributed by atoms with Crippen LogP contribution in [0.2, 0.25) is 0 Å². The normalized spacial score (nSPS) is 9.88. The van der Waals surface area contributed by atoms with Gasteiger partial charge in [0, 0.05) is 18.8 Å².